The number of amides is 1. The molecule has 1 aliphatic heterocycles. The molecule has 0 spiro atoms. The second-order valence-electron chi connectivity index (χ2n) is 8.08. The van der Waals surface area contributed by atoms with Crippen LogP contribution in [0.15, 0.2) is 66.9 Å². The molecular weight excluding hydrogens is 416 g/mol. The molecule has 33 heavy (non-hydrogen) atoms. The van der Waals surface area contributed by atoms with Gasteiger partial charge in [0.05, 0.1) is 12.1 Å². The summed E-state index contributed by atoms with van der Waals surface area (Å²) in [5.41, 5.74) is 2.31. The molecule has 1 amide bonds. The van der Waals surface area contributed by atoms with Crippen LogP contribution in [0, 0.1) is 0 Å². The standard InChI is InChI=1S/C25H26N6O2/c32-25(18-33-20-6-2-1-3-7-20)27-16-24-29-28-23-11-13-30(14-15-31(23)24)17-19-10-12-26-22-9-5-4-8-21(19)22/h1-10,12H,11,13-18H2,(H,27,32). The van der Waals surface area contributed by atoms with Crippen molar-refractivity contribution in [3.63, 3.8) is 0 Å². The zero-order valence-electron chi connectivity index (χ0n) is 18.4. The first-order valence-corrected chi connectivity index (χ1v) is 11.2. The lowest BCUT2D eigenvalue weighted by molar-refractivity contribution is -0.123. The highest BCUT2D eigenvalue weighted by Crippen LogP contribution is 2.19. The Morgan fingerprint density at radius 2 is 1.82 bits per heavy atom. The van der Waals surface area contributed by atoms with Gasteiger partial charge in [-0.15, -0.1) is 10.2 Å². The maximum absolute atomic E-state index is 12.2. The summed E-state index contributed by atoms with van der Waals surface area (Å²) in [6, 6.07) is 19.7. The van der Waals surface area contributed by atoms with E-state index in [1.54, 1.807) is 0 Å². The molecule has 0 atom stereocenters. The van der Waals surface area contributed by atoms with Crippen LogP contribution >= 0.6 is 0 Å². The Labute approximate surface area is 192 Å². The maximum atomic E-state index is 12.2. The lowest BCUT2D eigenvalue weighted by atomic mass is 10.1. The molecule has 3 heterocycles. The monoisotopic (exact) mass is 442 g/mol. The molecule has 0 unspecified atom stereocenters. The van der Waals surface area contributed by atoms with Crippen LogP contribution in [0.25, 0.3) is 10.9 Å². The van der Waals surface area contributed by atoms with E-state index in [4.69, 9.17) is 4.74 Å². The maximum Gasteiger partial charge on any atom is 0.258 e. The minimum atomic E-state index is -0.184. The summed E-state index contributed by atoms with van der Waals surface area (Å²) in [4.78, 5) is 19.1. The van der Waals surface area contributed by atoms with E-state index in [2.05, 4.69) is 48.2 Å². The van der Waals surface area contributed by atoms with Crippen LogP contribution in [0.1, 0.15) is 17.2 Å². The number of pyridine rings is 1. The van der Waals surface area contributed by atoms with Gasteiger partial charge in [-0.1, -0.05) is 36.4 Å². The number of nitrogens with zero attached hydrogens (tertiary/aromatic N) is 5. The summed E-state index contributed by atoms with van der Waals surface area (Å²) in [7, 11) is 0. The molecule has 0 fully saturated rings. The average Bonchev–Trinajstić information content (AvgIpc) is 3.14. The number of fused-ring (bicyclic) bond motifs is 2. The largest absolute Gasteiger partial charge is 0.484 e. The fourth-order valence-corrected chi connectivity index (χ4v) is 4.14. The van der Waals surface area contributed by atoms with Gasteiger partial charge in [0.25, 0.3) is 5.91 Å². The van der Waals surface area contributed by atoms with Gasteiger partial charge >= 0.3 is 0 Å². The molecule has 8 nitrogen and oxygen atoms in total. The van der Waals surface area contributed by atoms with Gasteiger partial charge in [-0.25, -0.2) is 0 Å². The van der Waals surface area contributed by atoms with Gasteiger partial charge in [-0.05, 0) is 29.8 Å². The summed E-state index contributed by atoms with van der Waals surface area (Å²) < 4.78 is 7.63. The van der Waals surface area contributed by atoms with E-state index >= 15 is 0 Å². The third kappa shape index (κ3) is 5.01. The molecule has 0 radical (unpaired) electrons. The van der Waals surface area contributed by atoms with Crippen LogP contribution in [-0.2, 0) is 30.8 Å². The second-order valence-corrected chi connectivity index (χ2v) is 8.08. The Morgan fingerprint density at radius 1 is 0.970 bits per heavy atom. The predicted octanol–water partition coefficient (Wildman–Crippen LogP) is 2.58. The topological polar surface area (TPSA) is 85.2 Å². The van der Waals surface area contributed by atoms with Crippen LogP contribution in [0.2, 0.25) is 0 Å². The highest BCUT2D eigenvalue weighted by atomic mass is 16.5. The number of nitrogens with one attached hydrogen (secondary N) is 1. The van der Waals surface area contributed by atoms with E-state index in [0.29, 0.717) is 12.3 Å². The van der Waals surface area contributed by atoms with Crippen molar-refractivity contribution in [2.45, 2.75) is 26.1 Å². The van der Waals surface area contributed by atoms with E-state index in [9.17, 15) is 4.79 Å². The van der Waals surface area contributed by atoms with E-state index < -0.39 is 0 Å². The lowest BCUT2D eigenvalue weighted by Gasteiger charge is -2.20. The van der Waals surface area contributed by atoms with E-state index in [0.717, 1.165) is 49.8 Å². The Morgan fingerprint density at radius 3 is 2.73 bits per heavy atom. The van der Waals surface area contributed by atoms with E-state index in [1.807, 2.05) is 48.7 Å². The molecule has 1 aliphatic rings. The summed E-state index contributed by atoms with van der Waals surface area (Å²) in [6.45, 7) is 3.75. The van der Waals surface area contributed by atoms with Gasteiger partial charge in [-0.3, -0.25) is 14.7 Å². The van der Waals surface area contributed by atoms with Crippen molar-refractivity contribution in [2.75, 3.05) is 19.7 Å². The Bertz CT molecular complexity index is 1230. The van der Waals surface area contributed by atoms with Crippen molar-refractivity contribution in [2.24, 2.45) is 0 Å². The fourth-order valence-electron chi connectivity index (χ4n) is 4.14. The molecule has 5 rings (SSSR count). The van der Waals surface area contributed by atoms with Gasteiger partial charge in [0, 0.05) is 44.2 Å². The number of hydrogen-bond acceptors (Lipinski definition) is 6. The number of carbonyl (C=O) groups excluding carboxylic acids is 1. The van der Waals surface area contributed by atoms with Crippen LogP contribution in [-0.4, -0.2) is 50.3 Å². The van der Waals surface area contributed by atoms with Crippen molar-refractivity contribution in [3.05, 3.63) is 84.1 Å². The third-order valence-electron chi connectivity index (χ3n) is 5.89. The van der Waals surface area contributed by atoms with Crippen LogP contribution in [0.3, 0.4) is 0 Å². The number of rotatable bonds is 7. The van der Waals surface area contributed by atoms with Crippen LogP contribution in [0.4, 0.5) is 0 Å². The fraction of sp³-hybridized carbons (Fsp3) is 0.280. The Balaban J connectivity index is 1.17. The first kappa shape index (κ1) is 21.1. The number of ether oxygens (including phenoxy) is 1. The first-order chi connectivity index (χ1) is 16.3. The zero-order valence-corrected chi connectivity index (χ0v) is 18.4. The minimum absolute atomic E-state index is 0.0291. The molecule has 0 aliphatic carbocycles. The zero-order chi connectivity index (χ0) is 22.5. The summed E-state index contributed by atoms with van der Waals surface area (Å²) in [6.07, 6.45) is 2.70. The Kier molecular flexibility index (Phi) is 6.25. The number of aromatic nitrogens is 4. The highest BCUT2D eigenvalue weighted by molar-refractivity contribution is 5.81. The molecule has 4 aromatic rings. The molecule has 8 heteroatoms. The van der Waals surface area contributed by atoms with Crippen molar-refractivity contribution in [3.8, 4) is 5.75 Å². The minimum Gasteiger partial charge on any atom is -0.484 e. The van der Waals surface area contributed by atoms with Crippen LogP contribution < -0.4 is 10.1 Å². The quantitative estimate of drug-likeness (QED) is 0.474. The van der Waals surface area contributed by atoms with Crippen molar-refractivity contribution >= 4 is 16.8 Å². The first-order valence-electron chi connectivity index (χ1n) is 11.2. The van der Waals surface area contributed by atoms with Gasteiger partial charge in [0.15, 0.2) is 12.4 Å². The Hall–Kier alpha value is -3.78. The molecule has 1 N–H and O–H groups in total. The molecule has 2 aromatic heterocycles. The van der Waals surface area contributed by atoms with E-state index in [-0.39, 0.29) is 12.5 Å². The SMILES string of the molecule is O=C(COc1ccccc1)NCc1nnc2n1CCN(Cc1ccnc3ccccc13)CC2. The van der Waals surface area contributed by atoms with Gasteiger partial charge < -0.3 is 14.6 Å². The van der Waals surface area contributed by atoms with Crippen LogP contribution in [0.5, 0.6) is 5.75 Å². The number of carbonyl (C=O) groups is 1. The average molecular weight is 443 g/mol. The number of para-hydroxylation sites is 2. The molecule has 168 valence electrons. The molecule has 0 saturated carbocycles. The second kappa shape index (κ2) is 9.79. The van der Waals surface area contributed by atoms with Gasteiger partial charge in [0.2, 0.25) is 0 Å². The lowest BCUT2D eigenvalue weighted by Crippen LogP contribution is -2.30. The van der Waals surface area contributed by atoms with Gasteiger partial charge in [-0.2, -0.15) is 0 Å². The highest BCUT2D eigenvalue weighted by Gasteiger charge is 2.19. The number of benzene rings is 2. The van der Waals surface area contributed by atoms with Crippen molar-refractivity contribution < 1.29 is 9.53 Å². The van der Waals surface area contributed by atoms with Crippen molar-refractivity contribution in [1.29, 1.82) is 0 Å². The predicted molar refractivity (Wildman–Crippen MR) is 125 cm³/mol. The van der Waals surface area contributed by atoms with Gasteiger partial charge in [0.1, 0.15) is 11.6 Å². The molecule has 2 aromatic carbocycles. The summed E-state index contributed by atoms with van der Waals surface area (Å²) in [5, 5.41) is 12.8. The van der Waals surface area contributed by atoms with Crippen molar-refractivity contribution in [1.82, 2.24) is 30.0 Å². The smallest absolute Gasteiger partial charge is 0.258 e. The number of hydrogen-bond donors (Lipinski definition) is 1. The van der Waals surface area contributed by atoms with E-state index in [1.165, 1.54) is 10.9 Å². The normalized spacial score (nSPS) is 13.9. The summed E-state index contributed by atoms with van der Waals surface area (Å²) in [5.74, 6) is 2.22. The molecule has 0 saturated heterocycles. The third-order valence-corrected chi connectivity index (χ3v) is 5.89. The molecule has 0 bridgehead atoms. The molecular formula is C25H26N6O2. The summed E-state index contributed by atoms with van der Waals surface area (Å²) >= 11 is 0.